The Morgan fingerprint density at radius 2 is 2.00 bits per heavy atom. The molecule has 0 aromatic heterocycles. The van der Waals surface area contributed by atoms with Gasteiger partial charge in [0.05, 0.1) is 6.61 Å². The highest BCUT2D eigenvalue weighted by atomic mass is 16.5. The van der Waals surface area contributed by atoms with Crippen molar-refractivity contribution in [1.82, 2.24) is 4.90 Å². The van der Waals surface area contributed by atoms with E-state index in [1.54, 1.807) is 0 Å². The first-order valence-electron chi connectivity index (χ1n) is 7.28. The number of likely N-dealkylation sites (N-methyl/N-ethyl adjacent to an activating group) is 1. The summed E-state index contributed by atoms with van der Waals surface area (Å²) in [5.74, 6) is 1.00. The molecule has 0 radical (unpaired) electrons. The fraction of sp³-hybridized carbons (Fsp3) is 0.625. The molecule has 1 rings (SSSR count). The maximum absolute atomic E-state index is 5.56. The zero-order valence-electron chi connectivity index (χ0n) is 12.6. The maximum Gasteiger partial charge on any atom is 0.122 e. The highest BCUT2D eigenvalue weighted by molar-refractivity contribution is 5.36. The third-order valence-corrected chi connectivity index (χ3v) is 3.32. The molecule has 0 heterocycles. The second-order valence-corrected chi connectivity index (χ2v) is 5.08. The van der Waals surface area contributed by atoms with Gasteiger partial charge >= 0.3 is 0 Å². The van der Waals surface area contributed by atoms with Gasteiger partial charge in [0.2, 0.25) is 0 Å². The van der Waals surface area contributed by atoms with Crippen molar-refractivity contribution in [3.63, 3.8) is 0 Å². The fourth-order valence-corrected chi connectivity index (χ4v) is 2.14. The number of nitrogens with zero attached hydrogens (tertiary/aromatic N) is 1. The van der Waals surface area contributed by atoms with Crippen LogP contribution in [0.4, 0.5) is 0 Å². The highest BCUT2D eigenvalue weighted by Gasteiger charge is 2.03. The summed E-state index contributed by atoms with van der Waals surface area (Å²) in [5, 5.41) is 0. The lowest BCUT2D eigenvalue weighted by Crippen LogP contribution is -2.23. The number of nitrogens with two attached hydrogens (primary N) is 1. The second-order valence-electron chi connectivity index (χ2n) is 5.08. The van der Waals surface area contributed by atoms with Gasteiger partial charge in [0.15, 0.2) is 0 Å². The van der Waals surface area contributed by atoms with E-state index < -0.39 is 0 Å². The molecule has 3 nitrogen and oxygen atoms in total. The highest BCUT2D eigenvalue weighted by Crippen LogP contribution is 2.19. The first kappa shape index (κ1) is 16.0. The largest absolute Gasteiger partial charge is 0.494 e. The molecule has 0 fully saturated rings. The zero-order chi connectivity index (χ0) is 14.1. The summed E-state index contributed by atoms with van der Waals surface area (Å²) in [4.78, 5) is 2.38. The Hall–Kier alpha value is -1.06. The minimum absolute atomic E-state index is 0.726. The van der Waals surface area contributed by atoms with Crippen LogP contribution in [0.3, 0.4) is 0 Å². The van der Waals surface area contributed by atoms with E-state index in [4.69, 9.17) is 10.5 Å². The number of benzene rings is 1. The molecule has 3 heteroatoms. The summed E-state index contributed by atoms with van der Waals surface area (Å²) in [6.07, 6.45) is 3.40. The summed E-state index contributed by atoms with van der Waals surface area (Å²) >= 11 is 0. The molecule has 0 aliphatic rings. The van der Waals surface area contributed by atoms with Crippen molar-refractivity contribution in [3.05, 3.63) is 29.3 Å². The molecule has 108 valence electrons. The number of ether oxygens (including phenoxy) is 1. The molecule has 0 aliphatic heterocycles. The Bertz CT molecular complexity index is 366. The predicted molar refractivity (Wildman–Crippen MR) is 81.8 cm³/mol. The van der Waals surface area contributed by atoms with Gasteiger partial charge in [-0.1, -0.05) is 12.1 Å². The number of rotatable bonds is 9. The molecule has 0 atom stereocenters. The first-order valence-corrected chi connectivity index (χ1v) is 7.28. The Kier molecular flexibility index (Phi) is 7.53. The second kappa shape index (κ2) is 8.94. The average molecular weight is 264 g/mol. The van der Waals surface area contributed by atoms with Gasteiger partial charge in [-0.15, -0.1) is 0 Å². The van der Waals surface area contributed by atoms with Crippen LogP contribution >= 0.6 is 0 Å². The van der Waals surface area contributed by atoms with Gasteiger partial charge < -0.3 is 15.4 Å². The van der Waals surface area contributed by atoms with Crippen LogP contribution in [0.15, 0.2) is 18.2 Å². The van der Waals surface area contributed by atoms with Crippen molar-refractivity contribution in [1.29, 1.82) is 0 Å². The van der Waals surface area contributed by atoms with Crippen LogP contribution in [0.2, 0.25) is 0 Å². The molecule has 0 amide bonds. The van der Waals surface area contributed by atoms with Gasteiger partial charge in [-0.3, -0.25) is 0 Å². The van der Waals surface area contributed by atoms with E-state index in [2.05, 4.69) is 37.1 Å². The minimum atomic E-state index is 0.726. The van der Waals surface area contributed by atoms with Gasteiger partial charge in [-0.05, 0) is 70.4 Å². The topological polar surface area (TPSA) is 38.5 Å². The molecule has 0 unspecified atom stereocenters. The Morgan fingerprint density at radius 1 is 1.21 bits per heavy atom. The first-order chi connectivity index (χ1) is 9.17. The van der Waals surface area contributed by atoms with Gasteiger partial charge in [0, 0.05) is 6.54 Å². The third-order valence-electron chi connectivity index (χ3n) is 3.32. The van der Waals surface area contributed by atoms with Gasteiger partial charge in [0.1, 0.15) is 5.75 Å². The molecule has 0 saturated carbocycles. The quantitative estimate of drug-likeness (QED) is 0.697. The zero-order valence-corrected chi connectivity index (χ0v) is 12.6. The van der Waals surface area contributed by atoms with Gasteiger partial charge in [-0.2, -0.15) is 0 Å². The molecule has 0 bridgehead atoms. The van der Waals surface area contributed by atoms with Crippen molar-refractivity contribution in [2.45, 2.75) is 33.1 Å². The molecular weight excluding hydrogens is 236 g/mol. The third kappa shape index (κ3) is 6.08. The summed E-state index contributed by atoms with van der Waals surface area (Å²) in [6, 6.07) is 6.49. The Balaban J connectivity index is 2.38. The molecule has 0 aliphatic carbocycles. The molecule has 1 aromatic rings. The van der Waals surface area contributed by atoms with Crippen molar-refractivity contribution < 1.29 is 4.74 Å². The monoisotopic (exact) mass is 264 g/mol. The molecule has 19 heavy (non-hydrogen) atoms. The van der Waals surface area contributed by atoms with E-state index in [1.165, 1.54) is 17.5 Å². The average Bonchev–Trinajstić information content (AvgIpc) is 2.40. The smallest absolute Gasteiger partial charge is 0.122 e. The summed E-state index contributed by atoms with van der Waals surface area (Å²) < 4.78 is 5.56. The summed E-state index contributed by atoms with van der Waals surface area (Å²) in [5.41, 5.74) is 8.11. The summed E-state index contributed by atoms with van der Waals surface area (Å²) in [7, 11) is 2.18. The lowest BCUT2D eigenvalue weighted by atomic mass is 10.1. The predicted octanol–water partition coefficient (Wildman–Crippen LogP) is 2.61. The number of unbranched alkanes of at least 4 members (excludes halogenated alkanes) is 1. The van der Waals surface area contributed by atoms with Crippen LogP contribution in [0.5, 0.6) is 5.75 Å². The Morgan fingerprint density at radius 3 is 2.63 bits per heavy atom. The van der Waals surface area contributed by atoms with Crippen molar-refractivity contribution in [2.75, 3.05) is 33.3 Å². The lowest BCUT2D eigenvalue weighted by molar-refractivity contribution is 0.330. The van der Waals surface area contributed by atoms with E-state index in [1.807, 2.05) is 6.92 Å². The van der Waals surface area contributed by atoms with E-state index in [0.717, 1.165) is 44.8 Å². The van der Waals surface area contributed by atoms with E-state index in [0.29, 0.717) is 0 Å². The Labute approximate surface area is 117 Å². The fourth-order valence-electron chi connectivity index (χ4n) is 2.14. The molecule has 2 N–H and O–H groups in total. The van der Waals surface area contributed by atoms with E-state index >= 15 is 0 Å². The SMILES string of the molecule is CCOc1ccc(CCN(C)CCCCN)cc1C. The normalized spacial score (nSPS) is 11.0. The molecule has 0 spiro atoms. The number of hydrogen-bond acceptors (Lipinski definition) is 3. The van der Waals surface area contributed by atoms with Gasteiger partial charge in [-0.25, -0.2) is 0 Å². The molecule has 1 aromatic carbocycles. The van der Waals surface area contributed by atoms with Crippen LogP contribution in [-0.4, -0.2) is 38.2 Å². The maximum atomic E-state index is 5.56. The van der Waals surface area contributed by atoms with Crippen LogP contribution < -0.4 is 10.5 Å². The van der Waals surface area contributed by atoms with Crippen molar-refractivity contribution in [2.24, 2.45) is 5.73 Å². The minimum Gasteiger partial charge on any atom is -0.494 e. The lowest BCUT2D eigenvalue weighted by Gasteiger charge is -2.16. The number of aryl methyl sites for hydroxylation is 1. The standard InChI is InChI=1S/C16H28N2O/c1-4-19-16-8-7-15(13-14(16)2)9-12-18(3)11-6-5-10-17/h7-8,13H,4-6,9-12,17H2,1-3H3. The van der Waals surface area contributed by atoms with E-state index in [-0.39, 0.29) is 0 Å². The number of hydrogen-bond donors (Lipinski definition) is 1. The van der Waals surface area contributed by atoms with Crippen LogP contribution in [-0.2, 0) is 6.42 Å². The van der Waals surface area contributed by atoms with E-state index in [9.17, 15) is 0 Å². The van der Waals surface area contributed by atoms with Gasteiger partial charge in [0.25, 0.3) is 0 Å². The molecule has 0 saturated heterocycles. The molecular formula is C16H28N2O. The van der Waals surface area contributed by atoms with Crippen LogP contribution in [0, 0.1) is 6.92 Å². The van der Waals surface area contributed by atoms with Crippen molar-refractivity contribution >= 4 is 0 Å². The van der Waals surface area contributed by atoms with Crippen LogP contribution in [0.1, 0.15) is 30.9 Å². The van der Waals surface area contributed by atoms with Crippen molar-refractivity contribution in [3.8, 4) is 5.75 Å². The summed E-state index contributed by atoms with van der Waals surface area (Å²) in [6.45, 7) is 7.88. The van der Waals surface area contributed by atoms with Crippen LogP contribution in [0.25, 0.3) is 0 Å².